The van der Waals surface area contributed by atoms with Gasteiger partial charge in [-0.25, -0.2) is 22.5 Å². The van der Waals surface area contributed by atoms with Crippen molar-refractivity contribution in [1.29, 1.82) is 0 Å². The summed E-state index contributed by atoms with van der Waals surface area (Å²) in [6.45, 7) is 0.393. The molecule has 1 aliphatic rings. The summed E-state index contributed by atoms with van der Waals surface area (Å²) < 4.78 is 54.0. The molecule has 1 aromatic heterocycles. The Morgan fingerprint density at radius 1 is 1.21 bits per heavy atom. The summed E-state index contributed by atoms with van der Waals surface area (Å²) in [5.74, 6) is -2.35. The number of halogens is 4. The highest BCUT2D eigenvalue weighted by atomic mass is 32.1. The third-order valence-corrected chi connectivity index (χ3v) is 5.89. The van der Waals surface area contributed by atoms with Gasteiger partial charge in [-0.2, -0.15) is 0 Å². The minimum Gasteiger partial charge on any atom is -0.403 e. The summed E-state index contributed by atoms with van der Waals surface area (Å²) in [6, 6.07) is 3.34. The first-order valence-electron chi connectivity index (χ1n) is 10.3. The average molecular weight is 485 g/mol. The van der Waals surface area contributed by atoms with Crippen molar-refractivity contribution in [3.63, 3.8) is 0 Å². The highest BCUT2D eigenvalue weighted by Crippen LogP contribution is 2.33. The Morgan fingerprint density at radius 2 is 1.85 bits per heavy atom. The van der Waals surface area contributed by atoms with Crippen molar-refractivity contribution in [2.75, 3.05) is 25.4 Å². The molecule has 0 unspecified atom stereocenters. The fourth-order valence-corrected chi connectivity index (χ4v) is 4.33. The van der Waals surface area contributed by atoms with E-state index in [1.165, 1.54) is 6.07 Å². The summed E-state index contributed by atoms with van der Waals surface area (Å²) in [4.78, 5) is 22.7. The van der Waals surface area contributed by atoms with Crippen molar-refractivity contribution in [1.82, 2.24) is 15.2 Å². The number of carbonyl (C=O) groups is 1. The predicted octanol–water partition coefficient (Wildman–Crippen LogP) is 3.74. The van der Waals surface area contributed by atoms with Gasteiger partial charge in [-0.3, -0.25) is 9.79 Å². The lowest BCUT2D eigenvalue weighted by Gasteiger charge is -2.26. The number of nitrogens with zero attached hydrogens (tertiary/aromatic N) is 3. The molecule has 1 amide bonds. The maximum atomic E-state index is 14.1. The van der Waals surface area contributed by atoms with Crippen LogP contribution in [0, 0.1) is 11.6 Å². The molecule has 3 rings (SSSR count). The average Bonchev–Trinajstić information content (AvgIpc) is 2.96. The monoisotopic (exact) mass is 484 g/mol. The van der Waals surface area contributed by atoms with E-state index >= 15 is 0 Å². The van der Waals surface area contributed by atoms with E-state index in [9.17, 15) is 22.4 Å². The molecule has 2 heterocycles. The maximum absolute atomic E-state index is 14.1. The number of alkyl halides is 2. The lowest BCUT2D eigenvalue weighted by molar-refractivity contribution is 0.0964. The number of aromatic nitrogens is 1. The highest BCUT2D eigenvalue weighted by Gasteiger charge is 2.25. The summed E-state index contributed by atoms with van der Waals surface area (Å²) in [7, 11) is 0. The minimum absolute atomic E-state index is 0.0218. The van der Waals surface area contributed by atoms with Gasteiger partial charge >= 0.3 is 0 Å². The first-order valence-corrected chi connectivity index (χ1v) is 11.1. The second kappa shape index (κ2) is 11.1. The van der Waals surface area contributed by atoms with Crippen LogP contribution in [0.25, 0.3) is 10.6 Å². The van der Waals surface area contributed by atoms with E-state index in [-0.39, 0.29) is 27.2 Å². The Labute approximate surface area is 192 Å². The number of anilines is 1. The number of aliphatic imine (C=N–C) groups is 1. The molecule has 7 nitrogen and oxygen atoms in total. The molecule has 12 heteroatoms. The van der Waals surface area contributed by atoms with Gasteiger partial charge in [-0.1, -0.05) is 30.2 Å². The van der Waals surface area contributed by atoms with Gasteiger partial charge in [0.05, 0.1) is 11.3 Å². The van der Waals surface area contributed by atoms with Crippen LogP contribution >= 0.6 is 11.3 Å². The van der Waals surface area contributed by atoms with E-state index in [0.29, 0.717) is 13.1 Å². The second-order valence-electron chi connectivity index (χ2n) is 7.32. The van der Waals surface area contributed by atoms with Crippen LogP contribution in [-0.2, 0) is 0 Å². The molecule has 0 saturated carbocycles. The highest BCUT2D eigenvalue weighted by molar-refractivity contribution is 7.19. The first-order chi connectivity index (χ1) is 15.8. The number of benzene rings is 1. The summed E-state index contributed by atoms with van der Waals surface area (Å²) in [5.41, 5.74) is 11.0. The van der Waals surface area contributed by atoms with Crippen LogP contribution < -0.4 is 16.8 Å². The molecular weight excluding hydrogens is 460 g/mol. The van der Waals surface area contributed by atoms with Gasteiger partial charge < -0.3 is 21.7 Å². The third-order valence-electron chi connectivity index (χ3n) is 4.99. The number of hydrogen-bond acceptors (Lipinski definition) is 6. The van der Waals surface area contributed by atoms with Crippen molar-refractivity contribution in [3.05, 3.63) is 47.4 Å². The molecule has 5 N–H and O–H groups in total. The van der Waals surface area contributed by atoms with Crippen LogP contribution in [0.2, 0.25) is 0 Å². The number of amidine groups is 1. The largest absolute Gasteiger partial charge is 0.403 e. The number of hydrogen-bond donors (Lipinski definition) is 3. The molecule has 0 aliphatic carbocycles. The van der Waals surface area contributed by atoms with Crippen molar-refractivity contribution >= 4 is 28.1 Å². The van der Waals surface area contributed by atoms with Gasteiger partial charge in [0, 0.05) is 19.3 Å². The number of nitrogen functional groups attached to an aromatic ring is 1. The molecular formula is C21H24F4N6OS. The zero-order chi connectivity index (χ0) is 24.0. The van der Waals surface area contributed by atoms with Crippen molar-refractivity contribution in [3.8, 4) is 10.6 Å². The maximum Gasteiger partial charge on any atom is 0.277 e. The Hall–Kier alpha value is -3.15. The molecule has 1 fully saturated rings. The lowest BCUT2D eigenvalue weighted by Crippen LogP contribution is -2.40. The topological polar surface area (TPSA) is 110 Å². The van der Waals surface area contributed by atoms with Crippen LogP contribution in [-0.4, -0.2) is 47.7 Å². The molecule has 2 aromatic rings. The lowest BCUT2D eigenvalue weighted by atomic mass is 10.2. The van der Waals surface area contributed by atoms with Crippen molar-refractivity contribution < 1.29 is 22.4 Å². The number of amides is 1. The number of nitrogens with one attached hydrogen (secondary N) is 1. The second-order valence-corrected chi connectivity index (χ2v) is 8.35. The third kappa shape index (κ3) is 6.01. The summed E-state index contributed by atoms with van der Waals surface area (Å²) in [5, 5.41) is 2.34. The molecule has 33 heavy (non-hydrogen) atoms. The Kier molecular flexibility index (Phi) is 8.26. The molecule has 0 atom stereocenters. The molecule has 0 spiro atoms. The number of likely N-dealkylation sites (tertiary alicyclic amines) is 1. The fourth-order valence-electron chi connectivity index (χ4n) is 3.45. The van der Waals surface area contributed by atoms with E-state index in [2.05, 4.69) is 15.3 Å². The zero-order valence-electron chi connectivity index (χ0n) is 17.7. The van der Waals surface area contributed by atoms with Crippen LogP contribution in [0.3, 0.4) is 0 Å². The molecule has 0 radical (unpaired) electrons. The number of carbonyl (C=O) groups excluding carboxylic acids is 1. The number of thiazole rings is 1. The number of nitrogens with two attached hydrogens (primary N) is 2. The van der Waals surface area contributed by atoms with E-state index in [0.717, 1.165) is 55.4 Å². The molecule has 0 bridgehead atoms. The van der Waals surface area contributed by atoms with Gasteiger partial charge in [0.2, 0.25) is 0 Å². The van der Waals surface area contributed by atoms with Gasteiger partial charge in [-0.05, 0) is 25.0 Å². The zero-order valence-corrected chi connectivity index (χ0v) is 18.5. The Balaban J connectivity index is 1.87. The smallest absolute Gasteiger partial charge is 0.277 e. The standard InChI is InChI=1S/C21H24F4N6OS/c22-12-6-5-7-13(23)16(12)21-30-17(18(27)33-21)20(32)29-14(10-26)19(28-11-15(24)25)31-8-3-1-2-4-9-31/h5-7,10,15H,1-4,8-9,11,26-27H2,(H,29,32). The summed E-state index contributed by atoms with van der Waals surface area (Å²) >= 11 is 0.747. The quantitative estimate of drug-likeness (QED) is 0.329. The normalized spacial score (nSPS) is 15.6. The van der Waals surface area contributed by atoms with Crippen LogP contribution in [0.4, 0.5) is 22.6 Å². The fraction of sp³-hybridized carbons (Fsp3) is 0.381. The SMILES string of the molecule is NC=C(NC(=O)c1nc(-c2c(F)cccc2F)sc1N)C(=NCC(F)F)N1CCCCCC1. The van der Waals surface area contributed by atoms with Crippen LogP contribution in [0.15, 0.2) is 35.1 Å². The van der Waals surface area contributed by atoms with Crippen LogP contribution in [0.1, 0.15) is 36.2 Å². The van der Waals surface area contributed by atoms with Gasteiger partial charge in [0.1, 0.15) is 34.0 Å². The first kappa shape index (κ1) is 24.5. The van der Waals surface area contributed by atoms with Gasteiger partial charge in [0.15, 0.2) is 5.69 Å². The Morgan fingerprint density at radius 3 is 2.42 bits per heavy atom. The molecule has 1 saturated heterocycles. The Bertz CT molecular complexity index is 1030. The molecule has 178 valence electrons. The number of rotatable bonds is 6. The molecule has 1 aliphatic heterocycles. The van der Waals surface area contributed by atoms with Crippen LogP contribution in [0.5, 0.6) is 0 Å². The van der Waals surface area contributed by atoms with E-state index in [4.69, 9.17) is 11.5 Å². The predicted molar refractivity (Wildman–Crippen MR) is 120 cm³/mol. The van der Waals surface area contributed by atoms with Crippen molar-refractivity contribution in [2.45, 2.75) is 32.1 Å². The summed E-state index contributed by atoms with van der Waals surface area (Å²) in [6.07, 6.45) is 2.07. The van der Waals surface area contributed by atoms with Gasteiger partial charge in [-0.15, -0.1) is 0 Å². The van der Waals surface area contributed by atoms with E-state index in [1.807, 2.05) is 0 Å². The minimum atomic E-state index is -2.67. The van der Waals surface area contributed by atoms with Crippen molar-refractivity contribution in [2.24, 2.45) is 10.7 Å². The van der Waals surface area contributed by atoms with E-state index in [1.54, 1.807) is 4.90 Å². The van der Waals surface area contributed by atoms with Gasteiger partial charge in [0.25, 0.3) is 12.3 Å². The van der Waals surface area contributed by atoms with E-state index < -0.39 is 36.1 Å². The molecule has 1 aromatic carbocycles.